The molecule has 17 rings (SSSR count). The van der Waals surface area contributed by atoms with Crippen LogP contribution in [0.4, 0.5) is 0 Å². The van der Waals surface area contributed by atoms with Gasteiger partial charge >= 0.3 is 0 Å². The van der Waals surface area contributed by atoms with Crippen LogP contribution in [0.15, 0.2) is 297 Å². The lowest BCUT2D eigenvalue weighted by Gasteiger charge is -2.25. The first-order valence-corrected chi connectivity index (χ1v) is 28.6. The minimum Gasteiger partial charge on any atom is -0.307 e. The van der Waals surface area contributed by atoms with Crippen LogP contribution in [0.1, 0.15) is 5.56 Å². The van der Waals surface area contributed by atoms with Gasteiger partial charge in [-0.1, -0.05) is 218 Å². The molecule has 0 N–H and O–H groups in total. The van der Waals surface area contributed by atoms with Crippen LogP contribution in [-0.4, -0.2) is 18.3 Å². The summed E-state index contributed by atoms with van der Waals surface area (Å²) in [5.41, 5.74) is 21.1. The van der Waals surface area contributed by atoms with Gasteiger partial charge in [0.15, 0.2) is 0 Å². The van der Waals surface area contributed by atoms with Crippen LogP contribution in [0.3, 0.4) is 0 Å². The van der Waals surface area contributed by atoms with Gasteiger partial charge in [0.1, 0.15) is 11.6 Å². The van der Waals surface area contributed by atoms with E-state index in [-0.39, 0.29) is 0 Å². The number of hydrogen-bond acceptors (Lipinski definition) is 1. The summed E-state index contributed by atoms with van der Waals surface area (Å²) in [6.45, 7) is 0. The number of aromatic nitrogens is 4. The predicted octanol–water partition coefficient (Wildman–Crippen LogP) is 20.6. The number of para-hydroxylation sites is 4. The quantitative estimate of drug-likeness (QED) is 0.150. The van der Waals surface area contributed by atoms with E-state index in [0.29, 0.717) is 5.56 Å². The van der Waals surface area contributed by atoms with Gasteiger partial charge in [-0.3, -0.25) is 0 Å². The summed E-state index contributed by atoms with van der Waals surface area (Å²) in [6, 6.07) is 110. The SMILES string of the molecule is N#Cc1c(-n2c3ccccc3c3ccccc32)c(-n2c3ccc(-c4ccccc4)cc3c3cc(-c4ccccc4)ccc32)cc(-n2c3ccccc3c3ccccc32)c1-n1c2ccc(-c3ccccc3)cc2c2cc(-c3ccccc3)ccc21. The smallest absolute Gasteiger partial charge is 0.104 e. The Morgan fingerprint density at radius 1 is 0.202 bits per heavy atom. The van der Waals surface area contributed by atoms with Gasteiger partial charge < -0.3 is 18.3 Å². The molecule has 0 unspecified atom stereocenters. The van der Waals surface area contributed by atoms with Gasteiger partial charge in [0, 0.05) is 43.1 Å². The van der Waals surface area contributed by atoms with E-state index >= 15 is 0 Å². The Bertz CT molecular complexity index is 5240. The van der Waals surface area contributed by atoms with Crippen LogP contribution in [0.5, 0.6) is 0 Å². The number of nitriles is 1. The van der Waals surface area contributed by atoms with E-state index in [4.69, 9.17) is 0 Å². The van der Waals surface area contributed by atoms with E-state index in [2.05, 4.69) is 322 Å². The first-order chi connectivity index (χ1) is 41.7. The van der Waals surface area contributed by atoms with Crippen molar-refractivity contribution in [3.8, 4) is 73.3 Å². The molecule has 4 aromatic heterocycles. The zero-order chi connectivity index (χ0) is 55.4. The Morgan fingerprint density at radius 2 is 0.440 bits per heavy atom. The normalized spacial score (nSPS) is 11.8. The molecule has 17 aromatic rings. The van der Waals surface area contributed by atoms with Crippen molar-refractivity contribution in [2.75, 3.05) is 0 Å². The van der Waals surface area contributed by atoms with Crippen molar-refractivity contribution < 1.29 is 0 Å². The Morgan fingerprint density at radius 3 is 0.726 bits per heavy atom. The highest BCUT2D eigenvalue weighted by atomic mass is 15.1. The van der Waals surface area contributed by atoms with Crippen molar-refractivity contribution in [2.24, 2.45) is 0 Å². The Hall–Kier alpha value is -11.5. The summed E-state index contributed by atoms with van der Waals surface area (Å²) in [5.74, 6) is 0. The fourth-order valence-corrected chi connectivity index (χ4v) is 13.7. The van der Waals surface area contributed by atoms with Gasteiger partial charge in [0.2, 0.25) is 0 Å². The highest BCUT2D eigenvalue weighted by molar-refractivity contribution is 6.16. The third-order valence-electron chi connectivity index (χ3n) is 17.4. The molecule has 0 saturated heterocycles. The van der Waals surface area contributed by atoms with Crippen molar-refractivity contribution in [1.82, 2.24) is 18.3 Å². The van der Waals surface area contributed by atoms with Crippen molar-refractivity contribution in [3.05, 3.63) is 303 Å². The van der Waals surface area contributed by atoms with E-state index in [1.807, 2.05) is 0 Å². The van der Waals surface area contributed by atoms with E-state index < -0.39 is 0 Å². The van der Waals surface area contributed by atoms with Gasteiger partial charge in [0.05, 0.1) is 66.9 Å². The molecule has 0 spiro atoms. The maximum atomic E-state index is 12.9. The van der Waals surface area contributed by atoms with Crippen LogP contribution in [0, 0.1) is 11.3 Å². The predicted molar refractivity (Wildman–Crippen MR) is 350 cm³/mol. The molecule has 0 aliphatic rings. The lowest BCUT2D eigenvalue weighted by Crippen LogP contribution is -2.13. The zero-order valence-electron chi connectivity index (χ0n) is 45.5. The number of nitrogens with zero attached hydrogens (tertiary/aromatic N) is 5. The minimum atomic E-state index is 0.533. The maximum Gasteiger partial charge on any atom is 0.104 e. The molecule has 0 aliphatic carbocycles. The molecule has 390 valence electrons. The second-order valence-electron chi connectivity index (χ2n) is 21.9. The second-order valence-corrected chi connectivity index (χ2v) is 21.9. The van der Waals surface area contributed by atoms with E-state index in [0.717, 1.165) is 154 Å². The lowest BCUT2D eigenvalue weighted by molar-refractivity contribution is 1.03. The summed E-state index contributed by atoms with van der Waals surface area (Å²) in [6.07, 6.45) is 0. The molecule has 0 saturated carbocycles. The monoisotopic (exact) mass is 1070 g/mol. The highest BCUT2D eigenvalue weighted by Gasteiger charge is 2.31. The molecular weight excluding hydrogens is 1020 g/mol. The lowest BCUT2D eigenvalue weighted by atomic mass is 10.0. The van der Waals surface area contributed by atoms with Crippen LogP contribution in [0.2, 0.25) is 0 Å². The summed E-state index contributed by atoms with van der Waals surface area (Å²) in [7, 11) is 0. The van der Waals surface area contributed by atoms with Gasteiger partial charge in [-0.25, -0.2) is 0 Å². The summed E-state index contributed by atoms with van der Waals surface area (Å²) in [5, 5.41) is 21.8. The average molecular weight is 1070 g/mol. The standard InChI is InChI=1S/C79H49N5/c80-50-67-78(83-70-35-19-15-31-61(70)62-32-16-20-36-71(62)83)77(82-72-41-37-55(51-21-5-1-6-22-51)45-63(72)64-46-56(38-42-73(64)82)52-23-7-2-8-24-52)49-76(81-68-33-17-13-29-59(68)60-30-14-18-34-69(60)81)79(67)84-74-43-39-57(53-25-9-3-10-26-53)47-65(74)66-48-58(40-44-75(66)84)54-27-11-4-12-28-54/h1-49H. The maximum absolute atomic E-state index is 12.9. The van der Waals surface area contributed by atoms with Gasteiger partial charge in [0.25, 0.3) is 0 Å². The number of rotatable bonds is 8. The zero-order valence-corrected chi connectivity index (χ0v) is 45.5. The van der Waals surface area contributed by atoms with Crippen molar-refractivity contribution >= 4 is 87.2 Å². The molecule has 0 radical (unpaired) electrons. The molecule has 13 aromatic carbocycles. The molecule has 0 atom stereocenters. The molecule has 0 amide bonds. The highest BCUT2D eigenvalue weighted by Crippen LogP contribution is 2.48. The van der Waals surface area contributed by atoms with Crippen molar-refractivity contribution in [1.29, 1.82) is 5.26 Å². The first kappa shape index (κ1) is 47.4. The van der Waals surface area contributed by atoms with Gasteiger partial charge in [-0.15, -0.1) is 0 Å². The fraction of sp³-hybridized carbons (Fsp3) is 0. The fourth-order valence-electron chi connectivity index (χ4n) is 13.7. The van der Waals surface area contributed by atoms with E-state index in [1.54, 1.807) is 0 Å². The third-order valence-corrected chi connectivity index (χ3v) is 17.4. The minimum absolute atomic E-state index is 0.533. The number of fused-ring (bicyclic) bond motifs is 12. The number of benzene rings is 13. The van der Waals surface area contributed by atoms with Crippen LogP contribution >= 0.6 is 0 Å². The largest absolute Gasteiger partial charge is 0.307 e. The first-order valence-electron chi connectivity index (χ1n) is 28.6. The van der Waals surface area contributed by atoms with E-state index in [9.17, 15) is 5.26 Å². The molecule has 0 bridgehead atoms. The Kier molecular flexibility index (Phi) is 10.6. The summed E-state index contributed by atoms with van der Waals surface area (Å²) < 4.78 is 9.64. The van der Waals surface area contributed by atoms with Crippen molar-refractivity contribution in [2.45, 2.75) is 0 Å². The number of hydrogen-bond donors (Lipinski definition) is 0. The molecular formula is C79H49N5. The average Bonchev–Trinajstić information content (AvgIpc) is 1.91. The molecule has 5 nitrogen and oxygen atoms in total. The summed E-state index contributed by atoms with van der Waals surface area (Å²) in [4.78, 5) is 0. The van der Waals surface area contributed by atoms with Crippen LogP contribution in [-0.2, 0) is 0 Å². The van der Waals surface area contributed by atoms with Crippen molar-refractivity contribution in [3.63, 3.8) is 0 Å². The molecule has 84 heavy (non-hydrogen) atoms. The molecule has 0 fully saturated rings. The van der Waals surface area contributed by atoms with Gasteiger partial charge in [-0.2, -0.15) is 5.26 Å². The molecule has 0 aliphatic heterocycles. The second kappa shape index (κ2) is 18.8. The van der Waals surface area contributed by atoms with E-state index in [1.165, 1.54) is 0 Å². The molecule has 5 heteroatoms. The van der Waals surface area contributed by atoms with Crippen LogP contribution in [0.25, 0.3) is 154 Å². The molecule has 4 heterocycles. The summed E-state index contributed by atoms with van der Waals surface area (Å²) >= 11 is 0. The topological polar surface area (TPSA) is 43.5 Å². The van der Waals surface area contributed by atoms with Crippen LogP contribution < -0.4 is 0 Å². The van der Waals surface area contributed by atoms with Gasteiger partial charge in [-0.05, 0) is 123 Å². The Labute approximate surface area is 484 Å². The third kappa shape index (κ3) is 7.14. The Balaban J connectivity index is 1.10.